The second-order valence-corrected chi connectivity index (χ2v) is 7.33. The Morgan fingerprint density at radius 2 is 1.92 bits per heavy atom. The van der Waals surface area contributed by atoms with Gasteiger partial charge in [0.1, 0.15) is 6.04 Å². The molecule has 1 aliphatic rings. The number of carbonyl (C=O) groups excluding carboxylic acids is 2. The summed E-state index contributed by atoms with van der Waals surface area (Å²) in [6, 6.07) is 14.7. The number of nitrogens with one attached hydrogen (secondary N) is 1. The summed E-state index contributed by atoms with van der Waals surface area (Å²) in [5, 5.41) is 3.54. The van der Waals surface area contributed by atoms with Gasteiger partial charge >= 0.3 is 0 Å². The Balaban J connectivity index is 1.65. The Morgan fingerprint density at radius 1 is 1.20 bits per heavy atom. The van der Waals surface area contributed by atoms with Gasteiger partial charge in [-0.05, 0) is 35.7 Å². The number of halogens is 2. The molecule has 2 aromatic carbocycles. The van der Waals surface area contributed by atoms with Crippen molar-refractivity contribution in [1.29, 1.82) is 0 Å². The molecule has 0 saturated carbocycles. The molecular weight excluding hydrogens is 404 g/mol. The second-order valence-electron chi connectivity index (χ2n) is 6.01. The van der Waals surface area contributed by atoms with E-state index in [1.807, 2.05) is 42.5 Å². The normalized spacial score (nSPS) is 17.0. The molecule has 130 valence electrons. The Bertz CT molecular complexity index is 779. The fourth-order valence-corrected chi connectivity index (χ4v) is 3.38. The largest absolute Gasteiger partial charge is 0.350 e. The van der Waals surface area contributed by atoms with Crippen LogP contribution in [0.3, 0.4) is 0 Å². The molecule has 4 nitrogen and oxygen atoms in total. The molecule has 1 atom stereocenters. The van der Waals surface area contributed by atoms with Gasteiger partial charge in [0.2, 0.25) is 11.8 Å². The van der Waals surface area contributed by atoms with Crippen LogP contribution in [-0.4, -0.2) is 22.8 Å². The highest BCUT2D eigenvalue weighted by Crippen LogP contribution is 2.25. The SMILES string of the molecule is O=C(NCc1ccc(Br)cc1)C1CCC(=O)N1Cc1ccccc1Cl. The van der Waals surface area contributed by atoms with Crippen molar-refractivity contribution < 1.29 is 9.59 Å². The van der Waals surface area contributed by atoms with Crippen molar-refractivity contribution in [3.8, 4) is 0 Å². The van der Waals surface area contributed by atoms with E-state index in [1.165, 1.54) is 0 Å². The Labute approximate surface area is 160 Å². The van der Waals surface area contributed by atoms with Crippen LogP contribution in [0.25, 0.3) is 0 Å². The zero-order valence-electron chi connectivity index (χ0n) is 13.5. The molecule has 1 unspecified atom stereocenters. The predicted octanol–water partition coefficient (Wildman–Crippen LogP) is 3.91. The number of likely N-dealkylation sites (tertiary alicyclic amines) is 1. The molecule has 1 fully saturated rings. The van der Waals surface area contributed by atoms with Gasteiger partial charge in [0, 0.05) is 29.0 Å². The summed E-state index contributed by atoms with van der Waals surface area (Å²) in [4.78, 5) is 26.4. The standard InChI is InChI=1S/C19H18BrClN2O2/c20-15-7-5-13(6-8-15)11-22-19(25)17-9-10-18(24)23(17)12-14-3-1-2-4-16(14)21/h1-8,17H,9-12H2,(H,22,25). The quantitative estimate of drug-likeness (QED) is 0.796. The first-order chi connectivity index (χ1) is 12.0. The van der Waals surface area contributed by atoms with E-state index >= 15 is 0 Å². The van der Waals surface area contributed by atoms with Crippen LogP contribution in [0.15, 0.2) is 53.0 Å². The summed E-state index contributed by atoms with van der Waals surface area (Å²) in [6.45, 7) is 0.797. The average molecular weight is 422 g/mol. The zero-order chi connectivity index (χ0) is 17.8. The van der Waals surface area contributed by atoms with E-state index in [0.717, 1.165) is 15.6 Å². The minimum atomic E-state index is -0.445. The summed E-state index contributed by atoms with van der Waals surface area (Å²) in [5.74, 6) is -0.135. The molecule has 0 aliphatic carbocycles. The Morgan fingerprint density at radius 3 is 2.64 bits per heavy atom. The van der Waals surface area contributed by atoms with Crippen LogP contribution in [0.4, 0.5) is 0 Å². The molecule has 25 heavy (non-hydrogen) atoms. The van der Waals surface area contributed by atoms with Gasteiger partial charge in [0.25, 0.3) is 0 Å². The van der Waals surface area contributed by atoms with Gasteiger partial charge in [0.15, 0.2) is 0 Å². The third-order valence-electron chi connectivity index (χ3n) is 4.31. The van der Waals surface area contributed by atoms with E-state index in [0.29, 0.717) is 31.0 Å². The van der Waals surface area contributed by atoms with Gasteiger partial charge in [-0.25, -0.2) is 0 Å². The number of hydrogen-bond acceptors (Lipinski definition) is 2. The van der Waals surface area contributed by atoms with Crippen molar-refractivity contribution in [1.82, 2.24) is 10.2 Å². The maximum atomic E-state index is 12.6. The lowest BCUT2D eigenvalue weighted by Crippen LogP contribution is -2.44. The molecule has 2 amide bonds. The van der Waals surface area contributed by atoms with E-state index in [1.54, 1.807) is 11.0 Å². The number of nitrogens with zero attached hydrogens (tertiary/aromatic N) is 1. The maximum Gasteiger partial charge on any atom is 0.243 e. The fraction of sp³-hybridized carbons (Fsp3) is 0.263. The number of amides is 2. The molecule has 0 spiro atoms. The predicted molar refractivity (Wildman–Crippen MR) is 101 cm³/mol. The van der Waals surface area contributed by atoms with Gasteiger partial charge in [-0.1, -0.05) is 57.9 Å². The van der Waals surface area contributed by atoms with Crippen molar-refractivity contribution in [3.63, 3.8) is 0 Å². The lowest BCUT2D eigenvalue weighted by Gasteiger charge is -2.24. The summed E-state index contributed by atoms with van der Waals surface area (Å²) < 4.78 is 0.995. The van der Waals surface area contributed by atoms with Gasteiger partial charge in [-0.15, -0.1) is 0 Å². The number of rotatable bonds is 5. The monoisotopic (exact) mass is 420 g/mol. The van der Waals surface area contributed by atoms with Crippen LogP contribution in [0.1, 0.15) is 24.0 Å². The van der Waals surface area contributed by atoms with Gasteiger partial charge in [0.05, 0.1) is 0 Å². The molecule has 0 radical (unpaired) electrons. The van der Waals surface area contributed by atoms with Crippen molar-refractivity contribution >= 4 is 39.3 Å². The first-order valence-corrected chi connectivity index (χ1v) is 9.27. The van der Waals surface area contributed by atoms with Crippen LogP contribution in [-0.2, 0) is 22.7 Å². The highest BCUT2D eigenvalue weighted by atomic mass is 79.9. The van der Waals surface area contributed by atoms with E-state index < -0.39 is 6.04 Å². The molecule has 1 N–H and O–H groups in total. The zero-order valence-corrected chi connectivity index (χ0v) is 15.9. The topological polar surface area (TPSA) is 49.4 Å². The highest BCUT2D eigenvalue weighted by Gasteiger charge is 2.36. The number of hydrogen-bond donors (Lipinski definition) is 1. The lowest BCUT2D eigenvalue weighted by atomic mass is 10.1. The molecule has 1 aliphatic heterocycles. The van der Waals surface area contributed by atoms with Gasteiger partial charge in [-0.2, -0.15) is 0 Å². The van der Waals surface area contributed by atoms with Crippen molar-refractivity contribution in [2.24, 2.45) is 0 Å². The summed E-state index contributed by atoms with van der Waals surface area (Å²) in [7, 11) is 0. The second kappa shape index (κ2) is 8.02. The Kier molecular flexibility index (Phi) is 5.76. The molecule has 1 saturated heterocycles. The maximum absolute atomic E-state index is 12.6. The highest BCUT2D eigenvalue weighted by molar-refractivity contribution is 9.10. The van der Waals surface area contributed by atoms with E-state index in [-0.39, 0.29) is 11.8 Å². The molecule has 0 aromatic heterocycles. The average Bonchev–Trinajstić information content (AvgIpc) is 2.97. The molecule has 1 heterocycles. The summed E-state index contributed by atoms with van der Waals surface area (Å²) in [6.07, 6.45) is 0.927. The van der Waals surface area contributed by atoms with E-state index in [2.05, 4.69) is 21.2 Å². The van der Waals surface area contributed by atoms with Gasteiger partial charge in [-0.3, -0.25) is 9.59 Å². The van der Waals surface area contributed by atoms with E-state index in [9.17, 15) is 9.59 Å². The fourth-order valence-electron chi connectivity index (χ4n) is 2.92. The van der Waals surface area contributed by atoms with Crippen LogP contribution in [0.2, 0.25) is 5.02 Å². The van der Waals surface area contributed by atoms with Crippen LogP contribution >= 0.6 is 27.5 Å². The number of carbonyl (C=O) groups is 2. The summed E-state index contributed by atoms with van der Waals surface area (Å²) in [5.41, 5.74) is 1.86. The molecule has 6 heteroatoms. The number of benzene rings is 2. The van der Waals surface area contributed by atoms with Crippen molar-refractivity contribution in [3.05, 3.63) is 69.2 Å². The summed E-state index contributed by atoms with van der Waals surface area (Å²) >= 11 is 9.58. The molecule has 3 rings (SSSR count). The third-order valence-corrected chi connectivity index (χ3v) is 5.21. The van der Waals surface area contributed by atoms with Crippen LogP contribution in [0, 0.1) is 0 Å². The van der Waals surface area contributed by atoms with Crippen molar-refractivity contribution in [2.45, 2.75) is 32.0 Å². The van der Waals surface area contributed by atoms with Crippen molar-refractivity contribution in [2.75, 3.05) is 0 Å². The first kappa shape index (κ1) is 18.0. The first-order valence-electron chi connectivity index (χ1n) is 8.09. The minimum absolute atomic E-state index is 0.0105. The molecular formula is C19H18BrClN2O2. The van der Waals surface area contributed by atoms with Gasteiger partial charge < -0.3 is 10.2 Å². The van der Waals surface area contributed by atoms with Crippen LogP contribution in [0.5, 0.6) is 0 Å². The minimum Gasteiger partial charge on any atom is -0.350 e. The van der Waals surface area contributed by atoms with E-state index in [4.69, 9.17) is 11.6 Å². The third kappa shape index (κ3) is 4.41. The lowest BCUT2D eigenvalue weighted by molar-refractivity contribution is -0.135. The molecule has 0 bridgehead atoms. The van der Waals surface area contributed by atoms with Crippen LogP contribution < -0.4 is 5.32 Å². The Hall–Kier alpha value is -1.85. The molecule has 2 aromatic rings. The smallest absolute Gasteiger partial charge is 0.243 e.